The van der Waals surface area contributed by atoms with Gasteiger partial charge in [0.1, 0.15) is 5.75 Å². The quantitative estimate of drug-likeness (QED) is 0.638. The number of thiol groups is 1. The molecular weight excluding hydrogens is 250 g/mol. The number of ether oxygens (including phenoxy) is 1. The molecule has 0 radical (unpaired) electrons. The number of para-hydroxylation sites is 1. The summed E-state index contributed by atoms with van der Waals surface area (Å²) < 4.78 is 5.51. The lowest BCUT2D eigenvalue weighted by Gasteiger charge is -2.22. The van der Waals surface area contributed by atoms with E-state index in [1.165, 1.54) is 0 Å². The summed E-state index contributed by atoms with van der Waals surface area (Å²) in [6, 6.07) is 7.16. The third-order valence-corrected chi connectivity index (χ3v) is 2.69. The van der Waals surface area contributed by atoms with Crippen molar-refractivity contribution in [2.45, 2.75) is 37.7 Å². The van der Waals surface area contributed by atoms with Crippen LogP contribution in [0.25, 0.3) is 0 Å². The fraction of sp³-hybridized carbons (Fsp3) is 0.385. The third kappa shape index (κ3) is 3.77. The number of carbonyl (C=O) groups is 2. The Kier molecular flexibility index (Phi) is 5.71. The van der Waals surface area contributed by atoms with E-state index in [2.05, 4.69) is 17.9 Å². The van der Waals surface area contributed by atoms with E-state index >= 15 is 0 Å². The minimum atomic E-state index is -0.606. The highest BCUT2D eigenvalue weighted by molar-refractivity contribution is 7.80. The largest absolute Gasteiger partial charge is 0.479 e. The number of rotatable bonds is 2. The van der Waals surface area contributed by atoms with Gasteiger partial charge >= 0.3 is 0 Å². The number of imide groups is 1. The van der Waals surface area contributed by atoms with E-state index in [-0.39, 0.29) is 11.8 Å². The molecule has 5 heteroatoms. The van der Waals surface area contributed by atoms with E-state index in [0.717, 1.165) is 0 Å². The Balaban J connectivity index is 0.000000771. The van der Waals surface area contributed by atoms with Gasteiger partial charge in [-0.1, -0.05) is 26.0 Å². The number of carbonyl (C=O) groups excluding carboxylic acids is 2. The summed E-state index contributed by atoms with van der Waals surface area (Å²) in [6.45, 7) is 4.00. The average molecular weight is 267 g/mol. The Morgan fingerprint density at radius 2 is 1.94 bits per heavy atom. The van der Waals surface area contributed by atoms with Crippen molar-refractivity contribution in [2.75, 3.05) is 0 Å². The van der Waals surface area contributed by atoms with E-state index in [0.29, 0.717) is 23.5 Å². The van der Waals surface area contributed by atoms with Gasteiger partial charge in [-0.2, -0.15) is 0 Å². The van der Waals surface area contributed by atoms with Crippen LogP contribution in [0.1, 0.15) is 26.7 Å². The van der Waals surface area contributed by atoms with Crippen LogP contribution in [0.3, 0.4) is 0 Å². The average Bonchev–Trinajstić information content (AvgIpc) is 2.38. The monoisotopic (exact) mass is 267 g/mol. The first-order valence-corrected chi connectivity index (χ1v) is 6.40. The summed E-state index contributed by atoms with van der Waals surface area (Å²) in [7, 11) is 0. The number of nitrogens with one attached hydrogen (secondary N) is 1. The summed E-state index contributed by atoms with van der Waals surface area (Å²) in [5, 5.41) is 2.24. The molecule has 1 aliphatic rings. The van der Waals surface area contributed by atoms with Crippen molar-refractivity contribution in [3.8, 4) is 5.75 Å². The van der Waals surface area contributed by atoms with Gasteiger partial charge < -0.3 is 4.74 Å². The summed E-state index contributed by atoms with van der Waals surface area (Å²) in [5.41, 5.74) is 0. The number of benzene rings is 1. The first-order valence-electron chi connectivity index (χ1n) is 5.95. The van der Waals surface area contributed by atoms with E-state index < -0.39 is 6.10 Å². The van der Waals surface area contributed by atoms with Crippen molar-refractivity contribution >= 4 is 24.4 Å². The zero-order valence-corrected chi connectivity index (χ0v) is 11.4. The zero-order chi connectivity index (χ0) is 13.5. The summed E-state index contributed by atoms with van der Waals surface area (Å²) in [6.07, 6.45) is 0.115. The molecule has 2 amide bonds. The molecule has 0 saturated carbocycles. The molecule has 0 bridgehead atoms. The Morgan fingerprint density at radius 1 is 1.28 bits per heavy atom. The Bertz CT molecular complexity index is 434. The molecule has 1 aromatic rings. The van der Waals surface area contributed by atoms with Gasteiger partial charge in [-0.15, -0.1) is 12.6 Å². The fourth-order valence-electron chi connectivity index (χ4n) is 1.50. The second kappa shape index (κ2) is 7.06. The maximum Gasteiger partial charge on any atom is 0.267 e. The van der Waals surface area contributed by atoms with Crippen molar-refractivity contribution in [3.63, 3.8) is 0 Å². The van der Waals surface area contributed by atoms with Gasteiger partial charge in [-0.05, 0) is 12.1 Å². The minimum absolute atomic E-state index is 0.246. The molecule has 1 aromatic carbocycles. The number of amides is 2. The molecule has 1 saturated heterocycles. The van der Waals surface area contributed by atoms with Crippen LogP contribution >= 0.6 is 12.6 Å². The van der Waals surface area contributed by atoms with E-state index in [1.807, 2.05) is 19.9 Å². The second-order valence-corrected chi connectivity index (χ2v) is 4.01. The summed E-state index contributed by atoms with van der Waals surface area (Å²) >= 11 is 4.22. The van der Waals surface area contributed by atoms with Gasteiger partial charge in [-0.3, -0.25) is 14.9 Å². The highest BCUT2D eigenvalue weighted by atomic mass is 32.1. The van der Waals surface area contributed by atoms with Crippen LogP contribution in [-0.2, 0) is 9.59 Å². The van der Waals surface area contributed by atoms with E-state index in [1.54, 1.807) is 18.2 Å². The predicted molar refractivity (Wildman–Crippen MR) is 71.8 cm³/mol. The first-order chi connectivity index (χ1) is 8.66. The summed E-state index contributed by atoms with van der Waals surface area (Å²) in [4.78, 5) is 23.0. The van der Waals surface area contributed by atoms with Crippen molar-refractivity contribution < 1.29 is 14.3 Å². The minimum Gasteiger partial charge on any atom is -0.479 e. The maximum atomic E-state index is 11.4. The molecule has 1 atom stereocenters. The van der Waals surface area contributed by atoms with E-state index in [4.69, 9.17) is 4.74 Å². The SMILES string of the molecule is CC.O=C1CCC(Oc2ccccc2S)C(=O)N1. The van der Waals surface area contributed by atoms with Crippen molar-refractivity contribution in [2.24, 2.45) is 0 Å². The van der Waals surface area contributed by atoms with Crippen molar-refractivity contribution in [3.05, 3.63) is 24.3 Å². The molecule has 4 nitrogen and oxygen atoms in total. The Hall–Kier alpha value is -1.49. The highest BCUT2D eigenvalue weighted by Gasteiger charge is 2.28. The molecule has 98 valence electrons. The Morgan fingerprint density at radius 3 is 2.56 bits per heavy atom. The molecule has 2 rings (SSSR count). The topological polar surface area (TPSA) is 55.4 Å². The van der Waals surface area contributed by atoms with Crippen LogP contribution in [0, 0.1) is 0 Å². The van der Waals surface area contributed by atoms with Gasteiger partial charge in [0, 0.05) is 17.7 Å². The van der Waals surface area contributed by atoms with Crippen LogP contribution in [0.4, 0.5) is 0 Å². The second-order valence-electron chi connectivity index (χ2n) is 3.53. The van der Waals surface area contributed by atoms with Gasteiger partial charge in [-0.25, -0.2) is 0 Å². The fourth-order valence-corrected chi connectivity index (χ4v) is 1.71. The lowest BCUT2D eigenvalue weighted by atomic mass is 10.1. The number of piperidine rings is 1. The summed E-state index contributed by atoms with van der Waals surface area (Å²) in [5.74, 6) is -0.0721. The molecule has 1 heterocycles. The van der Waals surface area contributed by atoms with Crippen LogP contribution in [0.15, 0.2) is 29.2 Å². The zero-order valence-electron chi connectivity index (χ0n) is 10.5. The van der Waals surface area contributed by atoms with Crippen LogP contribution in [-0.4, -0.2) is 17.9 Å². The van der Waals surface area contributed by atoms with Gasteiger partial charge in [0.25, 0.3) is 5.91 Å². The van der Waals surface area contributed by atoms with Gasteiger partial charge in [0.2, 0.25) is 5.91 Å². The molecule has 1 aliphatic heterocycles. The molecule has 1 N–H and O–H groups in total. The van der Waals surface area contributed by atoms with Crippen LogP contribution in [0.5, 0.6) is 5.75 Å². The van der Waals surface area contributed by atoms with E-state index in [9.17, 15) is 9.59 Å². The molecule has 0 aliphatic carbocycles. The maximum absolute atomic E-state index is 11.4. The van der Waals surface area contributed by atoms with Crippen LogP contribution < -0.4 is 10.1 Å². The third-order valence-electron chi connectivity index (χ3n) is 2.32. The van der Waals surface area contributed by atoms with Crippen molar-refractivity contribution in [1.29, 1.82) is 0 Å². The lowest BCUT2D eigenvalue weighted by Crippen LogP contribution is -2.46. The molecule has 18 heavy (non-hydrogen) atoms. The van der Waals surface area contributed by atoms with Crippen molar-refractivity contribution in [1.82, 2.24) is 5.32 Å². The van der Waals surface area contributed by atoms with Crippen LogP contribution in [0.2, 0.25) is 0 Å². The standard InChI is InChI=1S/C11H11NO3S.C2H6/c13-10-6-5-8(11(14)12-10)15-7-3-1-2-4-9(7)16;1-2/h1-4,8,16H,5-6H2,(H,12,13,14);1-2H3. The van der Waals surface area contributed by atoms with Gasteiger partial charge in [0.05, 0.1) is 0 Å². The predicted octanol–water partition coefficient (Wildman–Crippen LogP) is 2.19. The normalized spacial score (nSPS) is 18.5. The number of hydrogen-bond acceptors (Lipinski definition) is 4. The Labute approximate surface area is 112 Å². The highest BCUT2D eigenvalue weighted by Crippen LogP contribution is 2.24. The van der Waals surface area contributed by atoms with Gasteiger partial charge in [0.15, 0.2) is 6.10 Å². The molecule has 1 unspecified atom stereocenters. The molecular formula is C13H17NO3S. The molecule has 0 spiro atoms. The first kappa shape index (κ1) is 14.6. The molecule has 0 aromatic heterocycles. The smallest absolute Gasteiger partial charge is 0.267 e. The number of hydrogen-bond donors (Lipinski definition) is 2. The molecule has 1 fully saturated rings. The lowest BCUT2D eigenvalue weighted by molar-refractivity contribution is -0.138.